The Morgan fingerprint density at radius 2 is 1.93 bits per heavy atom. The van der Waals surface area contributed by atoms with E-state index in [0.29, 0.717) is 23.4 Å². The van der Waals surface area contributed by atoms with Crippen molar-refractivity contribution < 1.29 is 0 Å². The number of hydrogen-bond donors (Lipinski definition) is 1. The topological polar surface area (TPSA) is 24.4 Å². The van der Waals surface area contributed by atoms with Gasteiger partial charge in [-0.2, -0.15) is 0 Å². The first-order chi connectivity index (χ1) is 6.80. The molecular weight excluding hydrogens is 204 g/mol. The maximum atomic E-state index is 4.71. The van der Waals surface area contributed by atoms with E-state index in [0.717, 1.165) is 10.9 Å². The first kappa shape index (κ1) is 12.9. The summed E-state index contributed by atoms with van der Waals surface area (Å²) in [6.07, 6.45) is 0. The molecule has 3 heteroatoms. The van der Waals surface area contributed by atoms with E-state index in [1.165, 1.54) is 0 Å². The second-order valence-electron chi connectivity index (χ2n) is 5.79. The van der Waals surface area contributed by atoms with Crippen LogP contribution in [0.1, 0.15) is 41.5 Å². The van der Waals surface area contributed by atoms with Crippen LogP contribution in [0.15, 0.2) is 4.99 Å². The number of hydrogen-bond acceptors (Lipinski definition) is 3. The van der Waals surface area contributed by atoms with Crippen molar-refractivity contribution in [1.82, 2.24) is 5.32 Å². The van der Waals surface area contributed by atoms with Crippen LogP contribution in [0.25, 0.3) is 0 Å². The van der Waals surface area contributed by atoms with E-state index < -0.39 is 0 Å². The van der Waals surface area contributed by atoms with Gasteiger partial charge in [-0.15, -0.1) is 0 Å². The largest absolute Gasteiger partial charge is 0.362 e. The Morgan fingerprint density at radius 1 is 1.33 bits per heavy atom. The fourth-order valence-electron chi connectivity index (χ4n) is 1.21. The summed E-state index contributed by atoms with van der Waals surface area (Å²) in [7, 11) is 0. The van der Waals surface area contributed by atoms with E-state index >= 15 is 0 Å². The highest BCUT2D eigenvalue weighted by Crippen LogP contribution is 2.25. The molecular formula is C12H24N2S. The Hall–Kier alpha value is -0.180. The Labute approximate surface area is 98.3 Å². The summed E-state index contributed by atoms with van der Waals surface area (Å²) in [5, 5.41) is 4.65. The van der Waals surface area contributed by atoms with Crippen molar-refractivity contribution in [2.45, 2.75) is 53.6 Å². The molecule has 0 bridgehead atoms. The monoisotopic (exact) mass is 228 g/mol. The lowest BCUT2D eigenvalue weighted by Crippen LogP contribution is -2.39. The van der Waals surface area contributed by atoms with Crippen LogP contribution in [0, 0.1) is 11.3 Å². The van der Waals surface area contributed by atoms with Crippen molar-refractivity contribution in [2.75, 3.05) is 5.75 Å². The molecule has 1 heterocycles. The standard InChI is InChI=1S/C12H24N2S/c1-8(2)10-7-15-11(14-10)13-9(3)12(4,5)6/h8-10H,7H2,1-6H3,(H,13,14). The second-order valence-corrected chi connectivity index (χ2v) is 6.80. The molecule has 2 nitrogen and oxygen atoms in total. The average molecular weight is 228 g/mol. The fourth-order valence-corrected chi connectivity index (χ4v) is 2.47. The first-order valence-electron chi connectivity index (χ1n) is 5.78. The highest BCUT2D eigenvalue weighted by Gasteiger charge is 2.25. The van der Waals surface area contributed by atoms with Gasteiger partial charge in [0.15, 0.2) is 5.17 Å². The third kappa shape index (κ3) is 3.71. The van der Waals surface area contributed by atoms with Crippen LogP contribution in [-0.4, -0.2) is 23.0 Å². The van der Waals surface area contributed by atoms with Gasteiger partial charge in [-0.25, -0.2) is 0 Å². The van der Waals surface area contributed by atoms with Crippen LogP contribution < -0.4 is 5.32 Å². The van der Waals surface area contributed by atoms with E-state index in [9.17, 15) is 0 Å². The van der Waals surface area contributed by atoms with Crippen molar-refractivity contribution in [2.24, 2.45) is 16.3 Å². The Bertz CT molecular complexity index is 240. The SMILES string of the molecule is CC(C)C1CSC(NC(C)C(C)(C)C)=N1. The fraction of sp³-hybridized carbons (Fsp3) is 0.917. The Balaban J connectivity index is 2.51. The Kier molecular flexibility index (Phi) is 4.10. The number of aliphatic imine (C=N–C) groups is 1. The third-order valence-electron chi connectivity index (χ3n) is 3.08. The molecule has 0 aromatic heterocycles. The van der Waals surface area contributed by atoms with Crippen LogP contribution in [0.4, 0.5) is 0 Å². The maximum Gasteiger partial charge on any atom is 0.157 e. The number of thioether (sulfide) groups is 1. The summed E-state index contributed by atoms with van der Waals surface area (Å²) < 4.78 is 0. The molecule has 1 aliphatic heterocycles. The number of nitrogens with one attached hydrogen (secondary N) is 1. The van der Waals surface area contributed by atoms with Crippen LogP contribution in [-0.2, 0) is 0 Å². The van der Waals surface area contributed by atoms with Crippen molar-refractivity contribution in [3.05, 3.63) is 0 Å². The minimum absolute atomic E-state index is 0.291. The molecule has 0 aliphatic carbocycles. The first-order valence-corrected chi connectivity index (χ1v) is 6.76. The second kappa shape index (κ2) is 4.77. The predicted molar refractivity (Wildman–Crippen MR) is 70.6 cm³/mol. The lowest BCUT2D eigenvalue weighted by Gasteiger charge is -2.28. The van der Waals surface area contributed by atoms with Gasteiger partial charge in [-0.3, -0.25) is 4.99 Å². The molecule has 1 rings (SSSR count). The molecule has 1 N–H and O–H groups in total. The average Bonchev–Trinajstić information content (AvgIpc) is 2.50. The highest BCUT2D eigenvalue weighted by atomic mass is 32.2. The van der Waals surface area contributed by atoms with Gasteiger partial charge < -0.3 is 5.32 Å². The predicted octanol–water partition coefficient (Wildman–Crippen LogP) is 3.14. The van der Waals surface area contributed by atoms with E-state index in [1.54, 1.807) is 0 Å². The lowest BCUT2D eigenvalue weighted by molar-refractivity contribution is 0.317. The molecule has 88 valence electrons. The van der Waals surface area contributed by atoms with E-state index in [4.69, 9.17) is 4.99 Å². The third-order valence-corrected chi connectivity index (χ3v) is 4.09. The summed E-state index contributed by atoms with van der Waals surface area (Å²) in [6, 6.07) is 0.972. The van der Waals surface area contributed by atoms with Crippen LogP contribution in [0.2, 0.25) is 0 Å². The van der Waals surface area contributed by atoms with Gasteiger partial charge in [0.2, 0.25) is 0 Å². The van der Waals surface area contributed by atoms with Crippen LogP contribution >= 0.6 is 11.8 Å². The van der Waals surface area contributed by atoms with Gasteiger partial charge in [0.1, 0.15) is 0 Å². The number of amidine groups is 1. The summed E-state index contributed by atoms with van der Waals surface area (Å²) in [5.41, 5.74) is 0.291. The molecule has 2 unspecified atom stereocenters. The molecule has 0 aromatic rings. The van der Waals surface area contributed by atoms with Gasteiger partial charge in [-0.1, -0.05) is 46.4 Å². The zero-order valence-corrected chi connectivity index (χ0v) is 11.6. The quantitative estimate of drug-likeness (QED) is 0.785. The molecule has 0 spiro atoms. The van der Waals surface area contributed by atoms with Gasteiger partial charge in [0.25, 0.3) is 0 Å². The van der Waals surface area contributed by atoms with Gasteiger partial charge >= 0.3 is 0 Å². The molecule has 0 radical (unpaired) electrons. The van der Waals surface area contributed by atoms with Crippen molar-refractivity contribution in [3.8, 4) is 0 Å². The maximum absolute atomic E-state index is 4.71. The minimum atomic E-state index is 0.291. The van der Waals surface area contributed by atoms with Gasteiger partial charge in [-0.05, 0) is 18.3 Å². The molecule has 0 saturated carbocycles. The summed E-state index contributed by atoms with van der Waals surface area (Å²) >= 11 is 1.86. The zero-order chi connectivity index (χ0) is 11.6. The van der Waals surface area contributed by atoms with Crippen LogP contribution in [0.5, 0.6) is 0 Å². The number of rotatable bonds is 2. The molecule has 0 saturated heterocycles. The zero-order valence-electron chi connectivity index (χ0n) is 10.8. The molecule has 1 aliphatic rings. The van der Waals surface area contributed by atoms with Crippen molar-refractivity contribution in [3.63, 3.8) is 0 Å². The summed E-state index contributed by atoms with van der Waals surface area (Å²) in [6.45, 7) is 13.5. The minimum Gasteiger partial charge on any atom is -0.362 e. The van der Waals surface area contributed by atoms with Crippen LogP contribution in [0.3, 0.4) is 0 Å². The molecule has 0 aromatic carbocycles. The normalized spacial score (nSPS) is 24.2. The summed E-state index contributed by atoms with van der Waals surface area (Å²) in [4.78, 5) is 4.71. The van der Waals surface area contributed by atoms with Crippen molar-refractivity contribution >= 4 is 16.9 Å². The summed E-state index contributed by atoms with van der Waals surface area (Å²) in [5.74, 6) is 1.79. The molecule has 0 fully saturated rings. The lowest BCUT2D eigenvalue weighted by atomic mass is 9.88. The molecule has 15 heavy (non-hydrogen) atoms. The number of nitrogens with zero attached hydrogens (tertiary/aromatic N) is 1. The molecule has 0 amide bonds. The van der Waals surface area contributed by atoms with Gasteiger partial charge in [0, 0.05) is 11.8 Å². The Morgan fingerprint density at radius 3 is 2.33 bits per heavy atom. The van der Waals surface area contributed by atoms with Crippen molar-refractivity contribution in [1.29, 1.82) is 0 Å². The molecule has 2 atom stereocenters. The van der Waals surface area contributed by atoms with E-state index in [-0.39, 0.29) is 0 Å². The van der Waals surface area contributed by atoms with E-state index in [1.807, 2.05) is 11.8 Å². The highest BCUT2D eigenvalue weighted by molar-refractivity contribution is 8.14. The van der Waals surface area contributed by atoms with E-state index in [2.05, 4.69) is 46.9 Å². The smallest absolute Gasteiger partial charge is 0.157 e. The van der Waals surface area contributed by atoms with Gasteiger partial charge in [0.05, 0.1) is 6.04 Å².